The Hall–Kier alpha value is -1.84. The van der Waals surface area contributed by atoms with Crippen molar-refractivity contribution in [1.82, 2.24) is 14.9 Å². The Morgan fingerprint density at radius 1 is 1.00 bits per heavy atom. The van der Waals surface area contributed by atoms with Crippen LogP contribution in [0.4, 0.5) is 0 Å². The minimum atomic E-state index is 0.637. The predicted octanol–water partition coefficient (Wildman–Crippen LogP) is 5.16. The maximum absolute atomic E-state index is 6.03. The van der Waals surface area contributed by atoms with Crippen LogP contribution in [0.5, 0.6) is 0 Å². The Bertz CT molecular complexity index is 832. The summed E-state index contributed by atoms with van der Waals surface area (Å²) in [5.41, 5.74) is 3.50. The van der Waals surface area contributed by atoms with Crippen LogP contribution in [0.25, 0.3) is 11.0 Å². The third-order valence-corrected chi connectivity index (χ3v) is 5.39. The summed E-state index contributed by atoms with van der Waals surface area (Å²) in [6.45, 7) is 1.65. The summed E-state index contributed by atoms with van der Waals surface area (Å²) in [5.74, 6) is 1.11. The van der Waals surface area contributed by atoms with Crippen LogP contribution >= 0.6 is 11.6 Å². The Morgan fingerprint density at radius 3 is 2.56 bits per heavy atom. The first-order valence-corrected chi connectivity index (χ1v) is 9.59. The molecule has 0 spiro atoms. The molecular formula is C21H24ClN3. The van der Waals surface area contributed by atoms with Gasteiger partial charge in [0.15, 0.2) is 0 Å². The van der Waals surface area contributed by atoms with Crippen LogP contribution in [-0.4, -0.2) is 15.6 Å². The van der Waals surface area contributed by atoms with Crippen molar-refractivity contribution in [3.63, 3.8) is 0 Å². The monoisotopic (exact) mass is 353 g/mol. The van der Waals surface area contributed by atoms with Gasteiger partial charge in [-0.1, -0.05) is 55.1 Å². The van der Waals surface area contributed by atoms with Gasteiger partial charge >= 0.3 is 0 Å². The second kappa shape index (κ2) is 7.59. The molecule has 1 heterocycles. The highest BCUT2D eigenvalue weighted by Crippen LogP contribution is 2.21. The van der Waals surface area contributed by atoms with E-state index in [1.807, 2.05) is 12.1 Å². The molecule has 0 saturated heterocycles. The number of nitrogens with one attached hydrogen (secondary N) is 1. The first kappa shape index (κ1) is 16.6. The van der Waals surface area contributed by atoms with Crippen molar-refractivity contribution in [2.45, 2.75) is 51.2 Å². The Kier molecular flexibility index (Phi) is 5.04. The molecule has 130 valence electrons. The number of imidazole rings is 1. The zero-order chi connectivity index (χ0) is 17.1. The summed E-state index contributed by atoms with van der Waals surface area (Å²) in [4.78, 5) is 4.89. The molecule has 1 aliphatic carbocycles. The fourth-order valence-electron chi connectivity index (χ4n) is 3.75. The van der Waals surface area contributed by atoms with Gasteiger partial charge < -0.3 is 9.88 Å². The molecule has 1 saturated carbocycles. The van der Waals surface area contributed by atoms with Gasteiger partial charge in [-0.25, -0.2) is 4.98 Å². The number of halogens is 1. The number of para-hydroxylation sites is 2. The zero-order valence-electron chi connectivity index (χ0n) is 14.4. The molecule has 0 atom stereocenters. The maximum Gasteiger partial charge on any atom is 0.124 e. The summed E-state index contributed by atoms with van der Waals surface area (Å²) in [5, 5.41) is 4.51. The van der Waals surface area contributed by atoms with Gasteiger partial charge in [-0.15, -0.1) is 0 Å². The van der Waals surface area contributed by atoms with Gasteiger partial charge in [0.1, 0.15) is 5.82 Å². The highest BCUT2D eigenvalue weighted by Gasteiger charge is 2.15. The maximum atomic E-state index is 6.03. The van der Waals surface area contributed by atoms with Crippen molar-refractivity contribution in [2.24, 2.45) is 0 Å². The van der Waals surface area contributed by atoms with E-state index >= 15 is 0 Å². The van der Waals surface area contributed by atoms with E-state index in [-0.39, 0.29) is 0 Å². The van der Waals surface area contributed by atoms with Crippen LogP contribution in [0, 0.1) is 0 Å². The van der Waals surface area contributed by atoms with Gasteiger partial charge in [0.2, 0.25) is 0 Å². The molecule has 1 N–H and O–H groups in total. The lowest BCUT2D eigenvalue weighted by atomic mass is 9.95. The number of nitrogens with zero attached hydrogens (tertiary/aromatic N) is 2. The zero-order valence-corrected chi connectivity index (χ0v) is 15.2. The Labute approximate surface area is 154 Å². The van der Waals surface area contributed by atoms with Crippen molar-refractivity contribution < 1.29 is 0 Å². The van der Waals surface area contributed by atoms with Crippen LogP contribution in [-0.2, 0) is 13.1 Å². The molecule has 0 unspecified atom stereocenters. The topological polar surface area (TPSA) is 29.9 Å². The van der Waals surface area contributed by atoms with Crippen LogP contribution < -0.4 is 5.32 Å². The number of hydrogen-bond acceptors (Lipinski definition) is 2. The smallest absolute Gasteiger partial charge is 0.124 e. The molecule has 3 aromatic rings. The third kappa shape index (κ3) is 3.88. The first-order chi connectivity index (χ1) is 12.3. The highest BCUT2D eigenvalue weighted by molar-refractivity contribution is 6.30. The van der Waals surface area contributed by atoms with E-state index in [0.29, 0.717) is 6.04 Å². The minimum Gasteiger partial charge on any atom is -0.322 e. The van der Waals surface area contributed by atoms with Crippen LogP contribution in [0.15, 0.2) is 48.5 Å². The van der Waals surface area contributed by atoms with E-state index in [1.165, 1.54) is 43.2 Å². The van der Waals surface area contributed by atoms with Crippen molar-refractivity contribution >= 4 is 22.6 Å². The largest absolute Gasteiger partial charge is 0.322 e. The first-order valence-electron chi connectivity index (χ1n) is 9.21. The second-order valence-electron chi connectivity index (χ2n) is 6.95. The van der Waals surface area contributed by atoms with Crippen molar-refractivity contribution in [1.29, 1.82) is 0 Å². The van der Waals surface area contributed by atoms with Gasteiger partial charge in [-0.2, -0.15) is 0 Å². The molecule has 1 fully saturated rings. The number of rotatable bonds is 5. The van der Waals surface area contributed by atoms with Crippen LogP contribution in [0.3, 0.4) is 0 Å². The van der Waals surface area contributed by atoms with E-state index < -0.39 is 0 Å². The quantitative estimate of drug-likeness (QED) is 0.686. The van der Waals surface area contributed by atoms with Gasteiger partial charge in [0.25, 0.3) is 0 Å². The average molecular weight is 354 g/mol. The summed E-state index contributed by atoms with van der Waals surface area (Å²) >= 11 is 6.03. The lowest BCUT2D eigenvalue weighted by molar-refractivity contribution is 0.367. The van der Waals surface area contributed by atoms with Gasteiger partial charge in [0, 0.05) is 17.6 Å². The van der Waals surface area contributed by atoms with E-state index in [1.54, 1.807) is 0 Å². The summed E-state index contributed by atoms with van der Waals surface area (Å²) in [7, 11) is 0. The Morgan fingerprint density at radius 2 is 1.76 bits per heavy atom. The van der Waals surface area contributed by atoms with Gasteiger partial charge in [-0.05, 0) is 42.7 Å². The molecule has 3 nitrogen and oxygen atoms in total. The molecule has 0 aliphatic heterocycles. The van der Waals surface area contributed by atoms with E-state index in [4.69, 9.17) is 16.6 Å². The van der Waals surface area contributed by atoms with E-state index in [2.05, 4.69) is 46.3 Å². The summed E-state index contributed by atoms with van der Waals surface area (Å²) in [6.07, 6.45) is 6.65. The molecule has 2 aromatic carbocycles. The lowest BCUT2D eigenvalue weighted by Crippen LogP contribution is -2.31. The van der Waals surface area contributed by atoms with E-state index in [0.717, 1.165) is 29.5 Å². The molecule has 4 rings (SSSR count). The molecule has 25 heavy (non-hydrogen) atoms. The molecule has 0 radical (unpaired) electrons. The fourth-order valence-corrected chi connectivity index (χ4v) is 3.88. The van der Waals surface area contributed by atoms with E-state index in [9.17, 15) is 0 Å². The van der Waals surface area contributed by atoms with Gasteiger partial charge in [-0.3, -0.25) is 0 Å². The lowest BCUT2D eigenvalue weighted by Gasteiger charge is -2.23. The normalized spacial score (nSPS) is 15.7. The molecule has 0 bridgehead atoms. The van der Waals surface area contributed by atoms with Gasteiger partial charge in [0.05, 0.1) is 17.6 Å². The molecular weight excluding hydrogens is 330 g/mol. The molecule has 0 amide bonds. The summed E-state index contributed by atoms with van der Waals surface area (Å²) in [6, 6.07) is 17.1. The van der Waals surface area contributed by atoms with Crippen LogP contribution in [0.1, 0.15) is 43.5 Å². The second-order valence-corrected chi connectivity index (χ2v) is 7.38. The number of benzene rings is 2. The highest BCUT2D eigenvalue weighted by atomic mass is 35.5. The minimum absolute atomic E-state index is 0.637. The summed E-state index contributed by atoms with van der Waals surface area (Å²) < 4.78 is 2.33. The molecule has 4 heteroatoms. The van der Waals surface area contributed by atoms with Crippen molar-refractivity contribution in [3.8, 4) is 0 Å². The molecule has 1 aliphatic rings. The third-order valence-electron chi connectivity index (χ3n) is 5.14. The van der Waals surface area contributed by atoms with Crippen molar-refractivity contribution in [3.05, 3.63) is 64.9 Å². The number of hydrogen-bond donors (Lipinski definition) is 1. The average Bonchev–Trinajstić information content (AvgIpc) is 3.00. The van der Waals surface area contributed by atoms with Crippen molar-refractivity contribution in [2.75, 3.05) is 0 Å². The van der Waals surface area contributed by atoms with Crippen LogP contribution in [0.2, 0.25) is 5.02 Å². The fraction of sp³-hybridized carbons (Fsp3) is 0.381. The number of fused-ring (bicyclic) bond motifs is 1. The standard InChI is InChI=1S/C21H24ClN3/c22-17-12-10-16(11-13-17)15-25-20-9-5-4-8-19(20)24-21(25)14-23-18-6-2-1-3-7-18/h4-5,8-13,18,23H,1-3,6-7,14-15H2. The SMILES string of the molecule is Clc1ccc(Cn2c(CNC3CCCCC3)nc3ccccc32)cc1. The molecule has 1 aromatic heterocycles. The Balaban J connectivity index is 1.59. The predicted molar refractivity (Wildman–Crippen MR) is 104 cm³/mol. The number of aromatic nitrogens is 2.